The van der Waals surface area contributed by atoms with E-state index >= 15 is 0 Å². The number of rotatable bonds is 7. The molecule has 0 amide bonds. The molecule has 0 saturated heterocycles. The third-order valence-corrected chi connectivity index (χ3v) is 5.53. The van der Waals surface area contributed by atoms with Crippen molar-refractivity contribution in [3.05, 3.63) is 82.6 Å². The van der Waals surface area contributed by atoms with Crippen molar-refractivity contribution in [2.45, 2.75) is 54.1 Å². The van der Waals surface area contributed by atoms with Gasteiger partial charge in [-0.1, -0.05) is 38.1 Å². The summed E-state index contributed by atoms with van der Waals surface area (Å²) in [6, 6.07) is 16.0. The zero-order valence-corrected chi connectivity index (χ0v) is 20.9. The summed E-state index contributed by atoms with van der Waals surface area (Å²) in [5.41, 5.74) is 5.19. The minimum atomic E-state index is -0.444. The average Bonchev–Trinajstić information content (AvgIpc) is 3.47. The maximum absolute atomic E-state index is 11.7. The summed E-state index contributed by atoms with van der Waals surface area (Å²) in [5.74, 6) is 1.73. The molecule has 4 rings (SSSR count). The van der Waals surface area contributed by atoms with Crippen molar-refractivity contribution in [3.8, 4) is 22.9 Å². The Labute approximate surface area is 205 Å². The van der Waals surface area contributed by atoms with Gasteiger partial charge >= 0.3 is 5.97 Å². The monoisotopic (exact) mass is 476 g/mol. The maximum Gasteiger partial charge on any atom is 0.360 e. The minimum Gasteiger partial charge on any atom is -0.461 e. The molecule has 2 aromatic heterocycles. The molecule has 1 N–H and O–H groups in total. The quantitative estimate of drug-likeness (QED) is 0.322. The molecule has 0 spiro atoms. The molecule has 0 aliphatic heterocycles. The summed E-state index contributed by atoms with van der Waals surface area (Å²) < 4.78 is 16.0. The molecule has 0 unspecified atom stereocenters. The van der Waals surface area contributed by atoms with Gasteiger partial charge in [-0.15, -0.1) is 0 Å². The van der Waals surface area contributed by atoms with Gasteiger partial charge in [-0.25, -0.2) is 14.8 Å². The number of aromatic nitrogens is 2. The van der Waals surface area contributed by atoms with Gasteiger partial charge in [0.1, 0.15) is 17.2 Å². The highest BCUT2D eigenvalue weighted by Gasteiger charge is 2.19. The molecular formula is C28H32N2O5. The molecule has 7 nitrogen and oxygen atoms in total. The van der Waals surface area contributed by atoms with Crippen LogP contribution >= 0.6 is 0 Å². The first-order valence-electron chi connectivity index (χ1n) is 11.8. The number of carbonyl (C=O) groups is 1. The average molecular weight is 477 g/mol. The molecule has 0 fully saturated rings. The summed E-state index contributed by atoms with van der Waals surface area (Å²) in [5, 5.41) is 9.04. The predicted octanol–water partition coefficient (Wildman–Crippen LogP) is 6.09. The lowest BCUT2D eigenvalue weighted by Crippen LogP contribution is -2.06. The zero-order chi connectivity index (χ0) is 25.4. The summed E-state index contributed by atoms with van der Waals surface area (Å²) in [4.78, 5) is 20.1. The Hall–Kier alpha value is -3.71. The molecule has 35 heavy (non-hydrogen) atoms. The number of carbonyl (C=O) groups excluding carboxylic acids is 1. The zero-order valence-electron chi connectivity index (χ0n) is 20.9. The third-order valence-electron chi connectivity index (χ3n) is 5.53. The van der Waals surface area contributed by atoms with Crippen LogP contribution in [0.2, 0.25) is 0 Å². The highest BCUT2D eigenvalue weighted by atomic mass is 16.5. The largest absolute Gasteiger partial charge is 0.461 e. The molecule has 2 heterocycles. The molecule has 4 aromatic rings. The number of benzene rings is 2. The van der Waals surface area contributed by atoms with Crippen molar-refractivity contribution in [1.82, 2.24) is 9.97 Å². The first kappa shape index (κ1) is 25.9. The second-order valence-electron chi connectivity index (χ2n) is 7.93. The Morgan fingerprint density at radius 2 is 1.29 bits per heavy atom. The van der Waals surface area contributed by atoms with Gasteiger partial charge < -0.3 is 18.7 Å². The van der Waals surface area contributed by atoms with E-state index in [4.69, 9.17) is 18.7 Å². The van der Waals surface area contributed by atoms with Crippen LogP contribution in [0, 0.1) is 13.8 Å². The lowest BCUT2D eigenvalue weighted by Gasteiger charge is -1.98. The lowest BCUT2D eigenvalue weighted by molar-refractivity contribution is 0.0518. The Kier molecular flexibility index (Phi) is 8.98. The number of aryl methyl sites for hydroxylation is 4. The molecule has 0 atom stereocenters. The second-order valence-corrected chi connectivity index (χ2v) is 7.93. The smallest absolute Gasteiger partial charge is 0.360 e. The molecule has 0 aliphatic carbocycles. The number of aliphatic hydroxyl groups is 1. The van der Waals surface area contributed by atoms with Crippen LogP contribution in [0.25, 0.3) is 22.9 Å². The van der Waals surface area contributed by atoms with Crippen molar-refractivity contribution in [2.75, 3.05) is 6.61 Å². The fraction of sp³-hybridized carbons (Fsp3) is 0.321. The molecule has 7 heteroatoms. The van der Waals surface area contributed by atoms with Gasteiger partial charge in [0.2, 0.25) is 11.8 Å². The summed E-state index contributed by atoms with van der Waals surface area (Å²) in [6.07, 6.45) is 2.01. The van der Waals surface area contributed by atoms with Crippen LogP contribution in [-0.4, -0.2) is 27.7 Å². The van der Waals surface area contributed by atoms with Crippen LogP contribution in [-0.2, 0) is 24.2 Å². The van der Waals surface area contributed by atoms with Crippen molar-refractivity contribution in [2.24, 2.45) is 0 Å². The number of esters is 1. The minimum absolute atomic E-state index is 0.0810. The van der Waals surface area contributed by atoms with E-state index in [1.165, 1.54) is 11.1 Å². The third kappa shape index (κ3) is 6.45. The van der Waals surface area contributed by atoms with Gasteiger partial charge in [-0.05, 0) is 69.0 Å². The van der Waals surface area contributed by atoms with E-state index in [1.54, 1.807) is 13.8 Å². The van der Waals surface area contributed by atoms with Crippen LogP contribution in [0.15, 0.2) is 57.4 Å². The number of aliphatic hydroxyl groups excluding tert-OH is 1. The van der Waals surface area contributed by atoms with E-state index in [0.717, 1.165) is 24.0 Å². The van der Waals surface area contributed by atoms with Crippen LogP contribution in [0.3, 0.4) is 0 Å². The molecule has 0 bridgehead atoms. The Morgan fingerprint density at radius 3 is 1.71 bits per heavy atom. The van der Waals surface area contributed by atoms with Gasteiger partial charge in [0.25, 0.3) is 0 Å². The van der Waals surface area contributed by atoms with Crippen LogP contribution in [0.4, 0.5) is 0 Å². The van der Waals surface area contributed by atoms with E-state index in [1.807, 2.05) is 43.3 Å². The van der Waals surface area contributed by atoms with Gasteiger partial charge in [0, 0.05) is 11.1 Å². The van der Waals surface area contributed by atoms with Crippen molar-refractivity contribution in [1.29, 1.82) is 0 Å². The van der Waals surface area contributed by atoms with E-state index in [2.05, 4.69) is 35.9 Å². The lowest BCUT2D eigenvalue weighted by atomic mass is 10.1. The normalized spacial score (nSPS) is 10.6. The van der Waals surface area contributed by atoms with Crippen molar-refractivity contribution >= 4 is 5.97 Å². The number of hydrogen-bond acceptors (Lipinski definition) is 7. The molecule has 0 aliphatic rings. The van der Waals surface area contributed by atoms with Gasteiger partial charge in [0.15, 0.2) is 5.69 Å². The van der Waals surface area contributed by atoms with Gasteiger partial charge in [-0.3, -0.25) is 0 Å². The van der Waals surface area contributed by atoms with E-state index < -0.39 is 5.97 Å². The van der Waals surface area contributed by atoms with E-state index in [-0.39, 0.29) is 12.3 Å². The first-order valence-corrected chi connectivity index (χ1v) is 11.8. The summed E-state index contributed by atoms with van der Waals surface area (Å²) in [7, 11) is 0. The molecule has 2 aromatic carbocycles. The highest BCUT2D eigenvalue weighted by Crippen LogP contribution is 2.23. The number of ether oxygens (including phenoxy) is 1. The maximum atomic E-state index is 11.7. The topological polar surface area (TPSA) is 98.6 Å². The number of nitrogens with zero attached hydrogens (tertiary/aromatic N) is 2. The van der Waals surface area contributed by atoms with Crippen molar-refractivity contribution in [3.63, 3.8) is 0 Å². The second kappa shape index (κ2) is 12.1. The molecular weight excluding hydrogens is 444 g/mol. The van der Waals surface area contributed by atoms with E-state index in [9.17, 15) is 4.79 Å². The Bertz CT molecular complexity index is 1240. The van der Waals surface area contributed by atoms with Crippen LogP contribution in [0.1, 0.15) is 59.6 Å². The standard InChI is InChI=1S/C15H17NO3.C13H15NO2/c1-4-11-6-8-12(9-7-11)14-16-13(10(3)19-14)15(17)18-5-2;1-3-10-4-6-11(7-5-10)13-14-12(8-15)9(2)16-13/h6-9H,4-5H2,1-3H3;4-7,15H,3,8H2,1-2H3. The summed E-state index contributed by atoms with van der Waals surface area (Å²) in [6.45, 7) is 9.74. The predicted molar refractivity (Wildman–Crippen MR) is 134 cm³/mol. The number of hydrogen-bond donors (Lipinski definition) is 1. The Balaban J connectivity index is 0.000000198. The molecule has 184 valence electrons. The van der Waals surface area contributed by atoms with Crippen LogP contribution < -0.4 is 0 Å². The molecule has 0 radical (unpaired) electrons. The molecule has 0 saturated carbocycles. The highest BCUT2D eigenvalue weighted by molar-refractivity contribution is 5.88. The van der Waals surface area contributed by atoms with E-state index in [0.29, 0.717) is 35.6 Å². The first-order chi connectivity index (χ1) is 16.9. The Morgan fingerprint density at radius 1 is 0.800 bits per heavy atom. The van der Waals surface area contributed by atoms with Crippen LogP contribution in [0.5, 0.6) is 0 Å². The SMILES string of the molecule is CCOC(=O)c1nc(-c2ccc(CC)cc2)oc1C.CCc1ccc(-c2nc(CO)c(C)o2)cc1. The van der Waals surface area contributed by atoms with Crippen molar-refractivity contribution < 1.29 is 23.5 Å². The van der Waals surface area contributed by atoms with Gasteiger partial charge in [-0.2, -0.15) is 0 Å². The number of oxazole rings is 2. The van der Waals surface area contributed by atoms with Gasteiger partial charge in [0.05, 0.1) is 13.2 Å². The summed E-state index contributed by atoms with van der Waals surface area (Å²) >= 11 is 0. The fourth-order valence-corrected chi connectivity index (χ4v) is 3.37. The fourth-order valence-electron chi connectivity index (χ4n) is 3.37.